The summed E-state index contributed by atoms with van der Waals surface area (Å²) >= 11 is 0. The first-order valence-corrected chi connectivity index (χ1v) is 10.0. The average Bonchev–Trinajstić information content (AvgIpc) is 2.74. The van der Waals surface area contributed by atoms with Gasteiger partial charge in [-0.05, 0) is 43.2 Å². The maximum Gasteiger partial charge on any atom is 0.270 e. The minimum atomic E-state index is -0.866. The molecule has 9 nitrogen and oxygen atoms in total. The topological polar surface area (TPSA) is 115 Å². The van der Waals surface area contributed by atoms with Crippen LogP contribution in [-0.2, 0) is 9.59 Å². The van der Waals surface area contributed by atoms with E-state index in [0.29, 0.717) is 22.7 Å². The molecule has 2 unspecified atom stereocenters. The molecule has 0 fully saturated rings. The summed E-state index contributed by atoms with van der Waals surface area (Å²) in [7, 11) is 1.63. The van der Waals surface area contributed by atoms with Gasteiger partial charge in [-0.2, -0.15) is 0 Å². The molecule has 0 radical (unpaired) electrons. The number of pyridine rings is 1. The Hall–Kier alpha value is -3.62. The number of Topliss-reactive ketones (excluding diaryl/α,β-unsaturated/α-hetero) is 1. The number of hydrogen-bond donors (Lipinski definition) is 1. The molecule has 2 aliphatic heterocycles. The molecule has 2 aliphatic rings. The van der Waals surface area contributed by atoms with E-state index in [0.717, 1.165) is 0 Å². The van der Waals surface area contributed by atoms with Crippen molar-refractivity contribution in [2.75, 3.05) is 29.2 Å². The summed E-state index contributed by atoms with van der Waals surface area (Å²) in [5.74, 6) is 0.387. The van der Waals surface area contributed by atoms with Gasteiger partial charge in [-0.15, -0.1) is 0 Å². The second-order valence-corrected chi connectivity index (χ2v) is 8.01. The average molecular weight is 424 g/mol. The highest BCUT2D eigenvalue weighted by Crippen LogP contribution is 2.37. The Morgan fingerprint density at radius 2 is 1.87 bits per heavy atom. The Bertz CT molecular complexity index is 1080. The van der Waals surface area contributed by atoms with E-state index in [2.05, 4.69) is 4.98 Å². The second kappa shape index (κ2) is 7.57. The van der Waals surface area contributed by atoms with Gasteiger partial charge < -0.3 is 20.1 Å². The number of nitrogens with two attached hydrogens (primary N) is 1. The van der Waals surface area contributed by atoms with Gasteiger partial charge in [0.15, 0.2) is 30.1 Å². The maximum atomic E-state index is 13.4. The zero-order valence-corrected chi connectivity index (χ0v) is 17.8. The minimum Gasteiger partial charge on any atom is -0.482 e. The first-order chi connectivity index (χ1) is 14.7. The lowest BCUT2D eigenvalue weighted by Gasteiger charge is -2.37. The molecule has 2 aromatic rings. The quantitative estimate of drug-likeness (QED) is 0.747. The number of nitrogen functional groups attached to an aromatic ring is 1. The molecule has 2 amide bonds. The first-order valence-electron chi connectivity index (χ1n) is 10.0. The van der Waals surface area contributed by atoms with Crippen molar-refractivity contribution < 1.29 is 23.9 Å². The van der Waals surface area contributed by atoms with E-state index in [9.17, 15) is 14.4 Å². The molecule has 0 aliphatic carbocycles. The predicted molar refractivity (Wildman–Crippen MR) is 115 cm³/mol. The highest BCUT2D eigenvalue weighted by atomic mass is 16.5. The number of carbonyl (C=O) groups excluding carboxylic acids is 3. The number of hydrogen-bond acceptors (Lipinski definition) is 7. The van der Waals surface area contributed by atoms with Crippen LogP contribution in [0.15, 0.2) is 30.3 Å². The van der Waals surface area contributed by atoms with Crippen molar-refractivity contribution in [3.05, 3.63) is 35.9 Å². The lowest BCUT2D eigenvalue weighted by Crippen LogP contribution is -2.54. The van der Waals surface area contributed by atoms with Gasteiger partial charge in [-0.1, -0.05) is 13.8 Å². The van der Waals surface area contributed by atoms with Crippen LogP contribution in [0.2, 0.25) is 0 Å². The van der Waals surface area contributed by atoms with Gasteiger partial charge in [0, 0.05) is 12.6 Å². The Balaban J connectivity index is 1.72. The molecule has 162 valence electrons. The van der Waals surface area contributed by atoms with Crippen LogP contribution < -0.4 is 25.0 Å². The van der Waals surface area contributed by atoms with Crippen molar-refractivity contribution in [3.63, 3.8) is 0 Å². The highest BCUT2D eigenvalue weighted by Gasteiger charge is 2.42. The van der Waals surface area contributed by atoms with E-state index in [1.54, 1.807) is 44.3 Å². The maximum absolute atomic E-state index is 13.4. The summed E-state index contributed by atoms with van der Waals surface area (Å²) in [6.45, 7) is 5.34. The number of nitrogens with zero attached hydrogens (tertiary/aromatic N) is 3. The number of rotatable bonds is 4. The molecule has 2 atom stereocenters. The molecule has 0 saturated heterocycles. The van der Waals surface area contributed by atoms with Crippen molar-refractivity contribution >= 4 is 34.9 Å². The number of fused-ring (bicyclic) bond motifs is 2. The van der Waals surface area contributed by atoms with E-state index in [4.69, 9.17) is 15.2 Å². The largest absolute Gasteiger partial charge is 0.482 e. The normalized spacial score (nSPS) is 18.8. The summed E-state index contributed by atoms with van der Waals surface area (Å²) in [6.07, 6.45) is -0.742. The number of amides is 2. The van der Waals surface area contributed by atoms with E-state index in [1.165, 1.54) is 9.80 Å². The van der Waals surface area contributed by atoms with Gasteiger partial charge >= 0.3 is 0 Å². The van der Waals surface area contributed by atoms with Crippen molar-refractivity contribution in [1.82, 2.24) is 4.98 Å². The molecule has 31 heavy (non-hydrogen) atoms. The van der Waals surface area contributed by atoms with Crippen LogP contribution in [-0.4, -0.2) is 48.4 Å². The van der Waals surface area contributed by atoms with Crippen LogP contribution in [0.1, 0.15) is 31.1 Å². The fraction of sp³-hybridized carbons (Fsp3) is 0.364. The van der Waals surface area contributed by atoms with Gasteiger partial charge in [-0.25, -0.2) is 4.98 Å². The van der Waals surface area contributed by atoms with E-state index >= 15 is 0 Å². The SMILES string of the molecule is CC(C)C1Oc2ccc(N)nc2N(C(C)C(=O)c2ccc3c(c2)N(C)C(=O)CO3)C1=O. The van der Waals surface area contributed by atoms with E-state index in [-0.39, 0.29) is 41.8 Å². The highest BCUT2D eigenvalue weighted by molar-refractivity contribution is 6.10. The number of ketones is 1. The van der Waals surface area contributed by atoms with E-state index in [1.807, 2.05) is 13.8 Å². The molecule has 4 rings (SSSR count). The Kier molecular flexibility index (Phi) is 5.04. The standard InChI is InChI=1S/C22H24N4O5/c1-11(2)20-22(29)26(21-16(31-20)7-8-17(23)24-21)12(3)19(28)13-5-6-15-14(9-13)25(4)18(27)10-30-15/h5-9,11-12,20H,10H2,1-4H3,(H2,23,24). The number of carbonyl (C=O) groups is 3. The van der Waals surface area contributed by atoms with Gasteiger partial charge in [0.1, 0.15) is 11.6 Å². The number of ether oxygens (including phenoxy) is 2. The van der Waals surface area contributed by atoms with Crippen LogP contribution >= 0.6 is 0 Å². The summed E-state index contributed by atoms with van der Waals surface area (Å²) in [6, 6.07) is 7.26. The summed E-state index contributed by atoms with van der Waals surface area (Å²) in [4.78, 5) is 45.7. The monoisotopic (exact) mass is 424 g/mol. The predicted octanol–water partition coefficient (Wildman–Crippen LogP) is 2.04. The lowest BCUT2D eigenvalue weighted by atomic mass is 9.99. The third-order valence-corrected chi connectivity index (χ3v) is 5.53. The summed E-state index contributed by atoms with van der Waals surface area (Å²) < 4.78 is 11.3. The van der Waals surface area contributed by atoms with Crippen LogP contribution in [0.4, 0.5) is 17.3 Å². The first kappa shape index (κ1) is 20.6. The molecule has 1 aromatic heterocycles. The smallest absolute Gasteiger partial charge is 0.270 e. The lowest BCUT2D eigenvalue weighted by molar-refractivity contribution is -0.128. The molecular formula is C22H24N4O5. The van der Waals surface area contributed by atoms with Crippen LogP contribution in [0.25, 0.3) is 0 Å². The minimum absolute atomic E-state index is 0.0457. The molecule has 0 bridgehead atoms. The second-order valence-electron chi connectivity index (χ2n) is 8.01. The van der Waals surface area contributed by atoms with Gasteiger partial charge in [0.25, 0.3) is 11.8 Å². The Morgan fingerprint density at radius 3 is 2.58 bits per heavy atom. The number of likely N-dealkylation sites (N-methyl/N-ethyl adjacent to an activating group) is 1. The van der Waals surface area contributed by atoms with Gasteiger partial charge in [0.05, 0.1) is 11.7 Å². The number of anilines is 3. The zero-order valence-electron chi connectivity index (χ0n) is 17.8. The third-order valence-electron chi connectivity index (χ3n) is 5.53. The molecule has 1 aromatic carbocycles. The Labute approximate surface area is 179 Å². The van der Waals surface area contributed by atoms with Crippen LogP contribution in [0.3, 0.4) is 0 Å². The molecule has 0 saturated carbocycles. The molecule has 2 N–H and O–H groups in total. The zero-order chi connectivity index (χ0) is 22.4. The molecule has 0 spiro atoms. The van der Waals surface area contributed by atoms with Crippen molar-refractivity contribution in [2.24, 2.45) is 5.92 Å². The van der Waals surface area contributed by atoms with Crippen LogP contribution in [0.5, 0.6) is 11.5 Å². The van der Waals surface area contributed by atoms with Gasteiger partial charge in [0.2, 0.25) is 0 Å². The van der Waals surface area contributed by atoms with Crippen molar-refractivity contribution in [1.29, 1.82) is 0 Å². The molecule has 9 heteroatoms. The summed E-state index contributed by atoms with van der Waals surface area (Å²) in [5, 5.41) is 0. The van der Waals surface area contributed by atoms with Crippen LogP contribution in [0, 0.1) is 5.92 Å². The molecular weight excluding hydrogens is 400 g/mol. The van der Waals surface area contributed by atoms with Crippen molar-refractivity contribution in [3.8, 4) is 11.5 Å². The number of aromatic nitrogens is 1. The van der Waals surface area contributed by atoms with Gasteiger partial charge in [-0.3, -0.25) is 19.3 Å². The molecule has 3 heterocycles. The van der Waals surface area contributed by atoms with Crippen molar-refractivity contribution in [2.45, 2.75) is 32.9 Å². The van der Waals surface area contributed by atoms with E-state index < -0.39 is 12.1 Å². The fourth-order valence-corrected chi connectivity index (χ4v) is 3.72. The summed E-state index contributed by atoms with van der Waals surface area (Å²) in [5.41, 5.74) is 6.69. The third kappa shape index (κ3) is 3.45. The number of benzene rings is 1. The fourth-order valence-electron chi connectivity index (χ4n) is 3.72. The Morgan fingerprint density at radius 1 is 1.16 bits per heavy atom.